The van der Waals surface area contributed by atoms with Crippen LogP contribution in [0.4, 0.5) is 23.7 Å². The topological polar surface area (TPSA) is 38.8 Å². The summed E-state index contributed by atoms with van der Waals surface area (Å²) in [5.41, 5.74) is 1.64. The minimum atomic E-state index is -1.46. The number of hydrogen-bond donors (Lipinski definition) is 1. The van der Waals surface area contributed by atoms with Crippen LogP contribution in [0.15, 0.2) is 42.5 Å². The van der Waals surface area contributed by atoms with E-state index in [0.29, 0.717) is 37.8 Å². The second-order valence-corrected chi connectivity index (χ2v) is 9.44. The van der Waals surface area contributed by atoms with Gasteiger partial charge in [-0.1, -0.05) is 30.3 Å². The number of carbonyl (C=O) groups excluding carboxylic acids is 1. The van der Waals surface area contributed by atoms with Gasteiger partial charge < -0.3 is 15.1 Å². The van der Waals surface area contributed by atoms with E-state index in [0.717, 1.165) is 51.0 Å². The highest BCUT2D eigenvalue weighted by molar-refractivity contribution is 5.75. The molecule has 2 amide bonds. The monoisotopic (exact) mass is 474 g/mol. The third-order valence-electron chi connectivity index (χ3n) is 7.01. The number of benzene rings is 2. The Morgan fingerprint density at radius 1 is 1.00 bits per heavy atom. The third kappa shape index (κ3) is 6.03. The molecule has 0 spiro atoms. The van der Waals surface area contributed by atoms with Gasteiger partial charge in [-0.3, -0.25) is 4.90 Å². The van der Waals surface area contributed by atoms with Gasteiger partial charge in [-0.15, -0.1) is 0 Å². The van der Waals surface area contributed by atoms with E-state index in [1.54, 1.807) is 9.80 Å². The van der Waals surface area contributed by atoms with Gasteiger partial charge in [0.2, 0.25) is 0 Å². The molecule has 2 fully saturated rings. The molecule has 0 aromatic heterocycles. The van der Waals surface area contributed by atoms with E-state index in [9.17, 15) is 18.0 Å². The summed E-state index contributed by atoms with van der Waals surface area (Å²) >= 11 is 0. The molecule has 0 aliphatic carbocycles. The number of anilines is 1. The predicted molar refractivity (Wildman–Crippen MR) is 127 cm³/mol. The molecule has 0 radical (unpaired) electrons. The molecule has 0 bridgehead atoms. The van der Waals surface area contributed by atoms with Gasteiger partial charge >= 0.3 is 6.03 Å². The lowest BCUT2D eigenvalue weighted by molar-refractivity contribution is 0.162. The number of likely N-dealkylation sites (tertiary alicyclic amines) is 1. The van der Waals surface area contributed by atoms with E-state index in [4.69, 9.17) is 0 Å². The normalized spacial score (nSPS) is 19.9. The molecule has 0 saturated carbocycles. The molecule has 2 saturated heterocycles. The summed E-state index contributed by atoms with van der Waals surface area (Å²) in [6.07, 6.45) is 3.25. The highest BCUT2D eigenvalue weighted by atomic mass is 19.2. The largest absolute Gasteiger partial charge is 0.368 e. The summed E-state index contributed by atoms with van der Waals surface area (Å²) in [6, 6.07) is 12.3. The van der Waals surface area contributed by atoms with Crippen molar-refractivity contribution in [1.29, 1.82) is 0 Å². The molecule has 2 aromatic rings. The van der Waals surface area contributed by atoms with Crippen LogP contribution in [0.5, 0.6) is 0 Å². The quantitative estimate of drug-likeness (QED) is 0.621. The number of nitrogens with one attached hydrogen (secondary N) is 1. The molecule has 2 aliphatic heterocycles. The number of urea groups is 1. The summed E-state index contributed by atoms with van der Waals surface area (Å²) in [4.78, 5) is 18.8. The molecule has 2 heterocycles. The fourth-order valence-corrected chi connectivity index (χ4v) is 4.98. The number of amides is 2. The number of carbonyl (C=O) groups is 1. The van der Waals surface area contributed by atoms with Crippen LogP contribution < -0.4 is 10.2 Å². The molecule has 1 atom stereocenters. The minimum Gasteiger partial charge on any atom is -0.368 e. The molecule has 184 valence electrons. The lowest BCUT2D eigenvalue weighted by Crippen LogP contribution is -2.56. The van der Waals surface area contributed by atoms with Crippen molar-refractivity contribution in [2.75, 3.05) is 44.2 Å². The van der Waals surface area contributed by atoms with Crippen molar-refractivity contribution in [1.82, 2.24) is 15.1 Å². The molecule has 8 heteroatoms. The van der Waals surface area contributed by atoms with E-state index >= 15 is 0 Å². The lowest BCUT2D eigenvalue weighted by atomic mass is 9.93. The average molecular weight is 475 g/mol. The van der Waals surface area contributed by atoms with Crippen LogP contribution in [-0.4, -0.2) is 61.1 Å². The molecule has 0 unspecified atom stereocenters. The highest BCUT2D eigenvalue weighted by Crippen LogP contribution is 2.24. The Labute approximate surface area is 199 Å². The molecular weight excluding hydrogens is 441 g/mol. The Hall–Kier alpha value is -2.74. The Kier molecular flexibility index (Phi) is 7.98. The van der Waals surface area contributed by atoms with Crippen molar-refractivity contribution in [3.05, 3.63) is 65.5 Å². The van der Waals surface area contributed by atoms with Gasteiger partial charge in [0, 0.05) is 56.6 Å². The van der Waals surface area contributed by atoms with Gasteiger partial charge in [-0.25, -0.2) is 18.0 Å². The summed E-state index contributed by atoms with van der Waals surface area (Å²) in [7, 11) is 0. The standard InChI is InChI=1S/C26H33F3N4O/c1-19-17-32(22-15-23(27)25(29)24(28)16-22)13-14-33(19)26(34)30-10-7-20-8-11-31(12-9-20)18-21-5-3-2-4-6-21/h2-6,15-16,19-20H,7-14,17-18H2,1H3,(H,30,34)/t19-/m0/s1. The van der Waals surface area contributed by atoms with E-state index in [-0.39, 0.29) is 12.1 Å². The molecule has 5 nitrogen and oxygen atoms in total. The fourth-order valence-electron chi connectivity index (χ4n) is 4.98. The van der Waals surface area contributed by atoms with Crippen LogP contribution in [0.1, 0.15) is 31.7 Å². The summed E-state index contributed by atoms with van der Waals surface area (Å²) < 4.78 is 40.4. The Bertz CT molecular complexity index is 943. The van der Waals surface area contributed by atoms with Gasteiger partial charge in [0.05, 0.1) is 0 Å². The zero-order chi connectivity index (χ0) is 24.1. The van der Waals surface area contributed by atoms with Gasteiger partial charge in [-0.05, 0) is 50.8 Å². The van der Waals surface area contributed by atoms with Crippen LogP contribution in [0.25, 0.3) is 0 Å². The van der Waals surface area contributed by atoms with Crippen LogP contribution in [0.2, 0.25) is 0 Å². The maximum Gasteiger partial charge on any atom is 0.317 e. The third-order valence-corrected chi connectivity index (χ3v) is 7.01. The van der Waals surface area contributed by atoms with Gasteiger partial charge in [0.25, 0.3) is 0 Å². The van der Waals surface area contributed by atoms with E-state index in [1.165, 1.54) is 5.56 Å². The van der Waals surface area contributed by atoms with Crippen molar-refractivity contribution in [2.45, 2.75) is 38.8 Å². The van der Waals surface area contributed by atoms with Gasteiger partial charge in [0.1, 0.15) is 0 Å². The van der Waals surface area contributed by atoms with Crippen molar-refractivity contribution < 1.29 is 18.0 Å². The van der Waals surface area contributed by atoms with Gasteiger partial charge in [0.15, 0.2) is 17.5 Å². The maximum absolute atomic E-state index is 13.6. The first-order valence-corrected chi connectivity index (χ1v) is 12.1. The second-order valence-electron chi connectivity index (χ2n) is 9.44. The van der Waals surface area contributed by atoms with Crippen molar-refractivity contribution in [2.24, 2.45) is 5.92 Å². The smallest absolute Gasteiger partial charge is 0.317 e. The summed E-state index contributed by atoms with van der Waals surface area (Å²) in [5.74, 6) is -3.25. The first-order valence-electron chi connectivity index (χ1n) is 12.1. The van der Waals surface area contributed by atoms with Crippen LogP contribution >= 0.6 is 0 Å². The van der Waals surface area contributed by atoms with E-state index < -0.39 is 17.5 Å². The molecule has 2 aromatic carbocycles. The van der Waals surface area contributed by atoms with Crippen LogP contribution in [0.3, 0.4) is 0 Å². The molecule has 34 heavy (non-hydrogen) atoms. The van der Waals surface area contributed by atoms with Crippen molar-refractivity contribution in [3.63, 3.8) is 0 Å². The number of piperidine rings is 1. The molecule has 2 aliphatic rings. The number of halogens is 3. The Balaban J connectivity index is 1.17. The van der Waals surface area contributed by atoms with E-state index in [2.05, 4.69) is 34.5 Å². The highest BCUT2D eigenvalue weighted by Gasteiger charge is 2.28. The van der Waals surface area contributed by atoms with Gasteiger partial charge in [-0.2, -0.15) is 0 Å². The molecule has 4 rings (SSSR count). The predicted octanol–water partition coefficient (Wildman–Crippen LogP) is 4.63. The maximum atomic E-state index is 13.6. The summed E-state index contributed by atoms with van der Waals surface area (Å²) in [5, 5.41) is 3.05. The number of rotatable bonds is 6. The zero-order valence-corrected chi connectivity index (χ0v) is 19.7. The lowest BCUT2D eigenvalue weighted by Gasteiger charge is -2.41. The first kappa shape index (κ1) is 24.4. The second kappa shape index (κ2) is 11.1. The number of hydrogen-bond acceptors (Lipinski definition) is 3. The van der Waals surface area contributed by atoms with Crippen LogP contribution in [-0.2, 0) is 6.54 Å². The zero-order valence-electron chi connectivity index (χ0n) is 19.7. The summed E-state index contributed by atoms with van der Waals surface area (Å²) in [6.45, 7) is 7.00. The Morgan fingerprint density at radius 3 is 2.32 bits per heavy atom. The average Bonchev–Trinajstić information content (AvgIpc) is 2.84. The molecular formula is C26H33F3N4O. The minimum absolute atomic E-state index is 0.106. The fraction of sp³-hybridized carbons (Fsp3) is 0.500. The Morgan fingerprint density at radius 2 is 1.68 bits per heavy atom. The number of piperazine rings is 1. The van der Waals surface area contributed by atoms with Crippen molar-refractivity contribution >= 4 is 11.7 Å². The van der Waals surface area contributed by atoms with Crippen molar-refractivity contribution in [3.8, 4) is 0 Å². The number of nitrogens with zero attached hydrogens (tertiary/aromatic N) is 3. The SMILES string of the molecule is C[C@H]1CN(c2cc(F)c(F)c(F)c2)CCN1C(=O)NCCC1CCN(Cc2ccccc2)CC1. The first-order chi connectivity index (χ1) is 16.4. The van der Waals surface area contributed by atoms with E-state index in [1.807, 2.05) is 13.0 Å². The molecule has 1 N–H and O–H groups in total. The van der Waals surface area contributed by atoms with Crippen LogP contribution in [0, 0.1) is 23.4 Å².